The van der Waals surface area contributed by atoms with Gasteiger partial charge in [0.15, 0.2) is 0 Å². The van der Waals surface area contributed by atoms with Crippen LogP contribution in [-0.2, 0) is 27.2 Å². The lowest BCUT2D eigenvalue weighted by molar-refractivity contribution is -0.138. The van der Waals surface area contributed by atoms with E-state index in [4.69, 9.17) is 14.2 Å². The van der Waals surface area contributed by atoms with E-state index in [0.29, 0.717) is 18.5 Å². The molecule has 0 fully saturated rings. The van der Waals surface area contributed by atoms with E-state index in [1.807, 2.05) is 75.4 Å². The summed E-state index contributed by atoms with van der Waals surface area (Å²) in [5.41, 5.74) is 1.74. The van der Waals surface area contributed by atoms with Crippen molar-refractivity contribution < 1.29 is 23.8 Å². The number of benzene rings is 2. The average molecular weight is 454 g/mol. The van der Waals surface area contributed by atoms with Gasteiger partial charge in [0.25, 0.3) is 0 Å². The molecule has 2 rings (SSSR count). The van der Waals surface area contributed by atoms with Crippen molar-refractivity contribution in [1.29, 1.82) is 0 Å². The molecule has 0 aliphatic rings. The molecular weight excluding hydrogens is 418 g/mol. The van der Waals surface area contributed by atoms with E-state index in [0.717, 1.165) is 16.9 Å². The number of nitrogens with zero attached hydrogens (tertiary/aromatic N) is 1. The number of hydrogen-bond donors (Lipinski definition) is 0. The minimum Gasteiger partial charge on any atom is -0.497 e. The monoisotopic (exact) mass is 453 g/mol. The zero-order valence-electron chi connectivity index (χ0n) is 20.5. The maximum Gasteiger partial charge on any atom is 0.411 e. The summed E-state index contributed by atoms with van der Waals surface area (Å²) >= 11 is 0. The molecule has 6 nitrogen and oxygen atoms in total. The normalized spacial score (nSPS) is 12.6. The van der Waals surface area contributed by atoms with Gasteiger partial charge in [-0.15, -0.1) is 0 Å². The summed E-state index contributed by atoms with van der Waals surface area (Å²) in [7, 11) is 1.61. The summed E-state index contributed by atoms with van der Waals surface area (Å²) in [5, 5.41) is 0. The van der Waals surface area contributed by atoms with Gasteiger partial charge in [-0.1, -0.05) is 48.5 Å². The molecule has 0 saturated carbocycles. The zero-order chi connectivity index (χ0) is 24.4. The van der Waals surface area contributed by atoms with Gasteiger partial charge in [0.2, 0.25) is 0 Å². The number of methoxy groups -OCH3 is 1. The Morgan fingerprint density at radius 3 is 2.18 bits per heavy atom. The van der Waals surface area contributed by atoms with Crippen molar-refractivity contribution in [3.8, 4) is 5.75 Å². The quantitative estimate of drug-likeness (QED) is 0.368. The molecule has 0 radical (unpaired) electrons. The van der Waals surface area contributed by atoms with Crippen LogP contribution < -0.4 is 4.74 Å². The van der Waals surface area contributed by atoms with Gasteiger partial charge < -0.3 is 14.2 Å². The molecule has 2 aromatic carbocycles. The van der Waals surface area contributed by atoms with Gasteiger partial charge in [-0.3, -0.25) is 4.90 Å². The smallest absolute Gasteiger partial charge is 0.411 e. The molecule has 0 unspecified atom stereocenters. The fourth-order valence-electron chi connectivity index (χ4n) is 3.28. The minimum absolute atomic E-state index is 0.287. The fourth-order valence-corrected chi connectivity index (χ4v) is 3.28. The Balaban J connectivity index is 2.46. The van der Waals surface area contributed by atoms with Crippen molar-refractivity contribution in [2.45, 2.75) is 59.2 Å². The molecule has 0 saturated heterocycles. The van der Waals surface area contributed by atoms with Crippen molar-refractivity contribution in [1.82, 2.24) is 4.90 Å². The lowest BCUT2D eigenvalue weighted by Crippen LogP contribution is -2.43. The van der Waals surface area contributed by atoms with E-state index >= 15 is 0 Å². The Kier molecular flexibility index (Phi) is 9.52. The second kappa shape index (κ2) is 12.1. The Hall–Kier alpha value is -3.28. The highest BCUT2D eigenvalue weighted by Crippen LogP contribution is 2.21. The Labute approximate surface area is 197 Å². The number of ether oxygens (including phenoxy) is 3. The Morgan fingerprint density at radius 1 is 1.00 bits per heavy atom. The van der Waals surface area contributed by atoms with Crippen molar-refractivity contribution >= 4 is 12.1 Å². The van der Waals surface area contributed by atoms with E-state index in [2.05, 4.69) is 0 Å². The van der Waals surface area contributed by atoms with Crippen molar-refractivity contribution in [3.63, 3.8) is 0 Å². The molecule has 0 N–H and O–H groups in total. The third-order valence-electron chi connectivity index (χ3n) is 4.87. The lowest BCUT2D eigenvalue weighted by atomic mass is 10.0. The molecule has 0 aliphatic carbocycles. The summed E-state index contributed by atoms with van der Waals surface area (Å²) in [6, 6.07) is 17.0. The first-order chi connectivity index (χ1) is 15.6. The predicted octanol–water partition coefficient (Wildman–Crippen LogP) is 5.55. The van der Waals surface area contributed by atoms with Gasteiger partial charge in [0, 0.05) is 12.1 Å². The first-order valence-corrected chi connectivity index (χ1v) is 11.1. The van der Waals surface area contributed by atoms with Gasteiger partial charge in [0.1, 0.15) is 11.4 Å². The molecule has 0 heterocycles. The highest BCUT2D eigenvalue weighted by atomic mass is 16.6. The summed E-state index contributed by atoms with van der Waals surface area (Å²) in [4.78, 5) is 27.3. The molecule has 2 aromatic rings. The highest BCUT2D eigenvalue weighted by molar-refractivity contribution is 5.88. The maximum absolute atomic E-state index is 13.3. The van der Waals surface area contributed by atoms with Crippen LogP contribution >= 0.6 is 0 Å². The van der Waals surface area contributed by atoms with Crippen LogP contribution in [0.5, 0.6) is 5.75 Å². The van der Waals surface area contributed by atoms with Crippen LogP contribution in [-0.4, -0.2) is 42.3 Å². The van der Waals surface area contributed by atoms with Crippen molar-refractivity contribution in [2.75, 3.05) is 13.7 Å². The number of hydrogen-bond acceptors (Lipinski definition) is 5. The second-order valence-electron chi connectivity index (χ2n) is 8.78. The van der Waals surface area contributed by atoms with Crippen LogP contribution in [0.25, 0.3) is 0 Å². The summed E-state index contributed by atoms with van der Waals surface area (Å²) in [6.45, 7) is 9.57. The first-order valence-electron chi connectivity index (χ1n) is 11.1. The molecule has 178 valence electrons. The summed E-state index contributed by atoms with van der Waals surface area (Å²) in [5.74, 6) is 0.339. The standard InChI is InChI=1S/C27H35NO5/c1-7-32-25(29)20(2)17-23(18-21-11-9-8-10-12-21)28(26(30)33-27(3,4)5)19-22-13-15-24(31-6)16-14-22/h8-17,23H,7,18-19H2,1-6H3/b20-17-/t23-/m1/s1. The number of carbonyl (C=O) groups is 2. The highest BCUT2D eigenvalue weighted by Gasteiger charge is 2.28. The van der Waals surface area contributed by atoms with E-state index < -0.39 is 23.7 Å². The van der Waals surface area contributed by atoms with Gasteiger partial charge in [-0.2, -0.15) is 0 Å². The Bertz CT molecular complexity index is 929. The predicted molar refractivity (Wildman–Crippen MR) is 129 cm³/mol. The van der Waals surface area contributed by atoms with Crippen LogP contribution in [0, 0.1) is 0 Å². The van der Waals surface area contributed by atoms with E-state index in [1.165, 1.54) is 0 Å². The topological polar surface area (TPSA) is 65.1 Å². The lowest BCUT2D eigenvalue weighted by Gasteiger charge is -2.33. The molecule has 0 aromatic heterocycles. The largest absolute Gasteiger partial charge is 0.497 e. The van der Waals surface area contributed by atoms with E-state index in [-0.39, 0.29) is 6.61 Å². The SMILES string of the molecule is CCOC(=O)/C(C)=C\[C@H](Cc1ccccc1)N(Cc1ccc(OC)cc1)C(=O)OC(C)(C)C. The Morgan fingerprint density at radius 2 is 1.64 bits per heavy atom. The molecule has 0 aliphatic heterocycles. The van der Waals surface area contributed by atoms with E-state index in [9.17, 15) is 9.59 Å². The first kappa shape index (κ1) is 26.0. The third kappa shape index (κ3) is 8.64. The van der Waals surface area contributed by atoms with Crippen LogP contribution in [0.3, 0.4) is 0 Å². The number of rotatable bonds is 9. The molecule has 0 bridgehead atoms. The van der Waals surface area contributed by atoms with Crippen LogP contribution in [0.15, 0.2) is 66.2 Å². The molecule has 1 amide bonds. The van der Waals surface area contributed by atoms with Crippen LogP contribution in [0.4, 0.5) is 4.79 Å². The number of esters is 1. The molecule has 1 atom stereocenters. The minimum atomic E-state index is -0.660. The third-order valence-corrected chi connectivity index (χ3v) is 4.87. The van der Waals surface area contributed by atoms with Gasteiger partial charge in [-0.05, 0) is 64.3 Å². The molecule has 0 spiro atoms. The summed E-state index contributed by atoms with van der Waals surface area (Å²) < 4.78 is 16.2. The fraction of sp³-hybridized carbons (Fsp3) is 0.407. The molecule has 33 heavy (non-hydrogen) atoms. The second-order valence-corrected chi connectivity index (χ2v) is 8.78. The van der Waals surface area contributed by atoms with Gasteiger partial charge in [0.05, 0.1) is 19.8 Å². The average Bonchev–Trinajstić information content (AvgIpc) is 2.77. The van der Waals surface area contributed by atoms with Gasteiger partial charge in [-0.25, -0.2) is 9.59 Å². The van der Waals surface area contributed by atoms with Crippen molar-refractivity contribution in [3.05, 3.63) is 77.4 Å². The maximum atomic E-state index is 13.3. The van der Waals surface area contributed by atoms with Crippen molar-refractivity contribution in [2.24, 2.45) is 0 Å². The number of amides is 1. The molecule has 6 heteroatoms. The zero-order valence-corrected chi connectivity index (χ0v) is 20.5. The molecular formula is C27H35NO5. The summed E-state index contributed by atoms with van der Waals surface area (Å²) in [6.07, 6.45) is 1.86. The van der Waals surface area contributed by atoms with Crippen LogP contribution in [0.1, 0.15) is 45.7 Å². The van der Waals surface area contributed by atoms with E-state index in [1.54, 1.807) is 31.9 Å². The van der Waals surface area contributed by atoms with Gasteiger partial charge >= 0.3 is 12.1 Å². The van der Waals surface area contributed by atoms with Crippen LogP contribution in [0.2, 0.25) is 0 Å². The number of carbonyl (C=O) groups excluding carboxylic acids is 2.